The Labute approximate surface area is 114 Å². The fourth-order valence-electron chi connectivity index (χ4n) is 3.37. The average Bonchev–Trinajstić information content (AvgIpc) is 2.44. The topological polar surface area (TPSA) is 21.3 Å². The first kappa shape index (κ1) is 13.1. The van der Waals surface area contributed by atoms with Crippen molar-refractivity contribution in [1.82, 2.24) is 5.32 Å². The van der Waals surface area contributed by atoms with Gasteiger partial charge in [0.2, 0.25) is 0 Å². The van der Waals surface area contributed by atoms with E-state index in [1.165, 1.54) is 31.4 Å². The number of benzene rings is 1. The third-order valence-electron chi connectivity index (χ3n) is 4.54. The molecular weight excluding hydrogens is 241 g/mol. The van der Waals surface area contributed by atoms with Gasteiger partial charge in [-0.3, -0.25) is 0 Å². The Morgan fingerprint density at radius 3 is 2.53 bits per heavy atom. The van der Waals surface area contributed by atoms with Gasteiger partial charge in [-0.15, -0.1) is 0 Å². The molecule has 2 fully saturated rings. The van der Waals surface area contributed by atoms with E-state index in [1.54, 1.807) is 0 Å². The molecule has 1 aliphatic heterocycles. The molecule has 1 aromatic rings. The van der Waals surface area contributed by atoms with Gasteiger partial charge >= 0.3 is 0 Å². The summed E-state index contributed by atoms with van der Waals surface area (Å²) >= 11 is 0. The van der Waals surface area contributed by atoms with Gasteiger partial charge in [0.1, 0.15) is 5.82 Å². The van der Waals surface area contributed by atoms with Gasteiger partial charge in [-0.05, 0) is 37.5 Å². The van der Waals surface area contributed by atoms with Crippen LogP contribution in [0.2, 0.25) is 0 Å². The molecular formula is C16H22FNO. The second-order valence-corrected chi connectivity index (χ2v) is 6.00. The van der Waals surface area contributed by atoms with Crippen molar-refractivity contribution in [3.8, 4) is 0 Å². The van der Waals surface area contributed by atoms with Gasteiger partial charge in [0.05, 0.1) is 11.7 Å². The molecule has 2 aliphatic rings. The van der Waals surface area contributed by atoms with Gasteiger partial charge in [0.15, 0.2) is 0 Å². The normalized spacial score (nSPS) is 30.4. The van der Waals surface area contributed by atoms with Crippen molar-refractivity contribution in [2.75, 3.05) is 6.54 Å². The highest BCUT2D eigenvalue weighted by Crippen LogP contribution is 2.39. The van der Waals surface area contributed by atoms with Crippen molar-refractivity contribution in [2.24, 2.45) is 0 Å². The Hall–Kier alpha value is -0.930. The van der Waals surface area contributed by atoms with Gasteiger partial charge in [-0.2, -0.15) is 0 Å². The molecule has 1 N–H and O–H groups in total. The van der Waals surface area contributed by atoms with Crippen molar-refractivity contribution >= 4 is 0 Å². The zero-order valence-corrected chi connectivity index (χ0v) is 11.5. The highest BCUT2D eigenvalue weighted by Gasteiger charge is 2.41. The summed E-state index contributed by atoms with van der Waals surface area (Å²) in [6.07, 6.45) is 6.15. The molecule has 1 aliphatic carbocycles. The number of halogens is 1. The molecule has 1 spiro atoms. The lowest BCUT2D eigenvalue weighted by Crippen LogP contribution is -2.55. The predicted octanol–water partition coefficient (Wildman–Crippen LogP) is 3.58. The lowest BCUT2D eigenvalue weighted by molar-refractivity contribution is -0.151. The maximum absolute atomic E-state index is 13.0. The zero-order chi connectivity index (χ0) is 13.3. The minimum Gasteiger partial charge on any atom is -0.364 e. The Morgan fingerprint density at radius 1 is 1.16 bits per heavy atom. The van der Waals surface area contributed by atoms with Gasteiger partial charge in [0.25, 0.3) is 0 Å². The molecule has 1 heterocycles. The maximum Gasteiger partial charge on any atom is 0.123 e. The molecule has 2 nitrogen and oxygen atoms in total. The van der Waals surface area contributed by atoms with Crippen LogP contribution in [0.4, 0.5) is 4.39 Å². The summed E-state index contributed by atoms with van der Waals surface area (Å²) in [6, 6.07) is 7.01. The molecule has 3 heteroatoms. The van der Waals surface area contributed by atoms with Crippen molar-refractivity contribution in [3.63, 3.8) is 0 Å². The molecule has 1 aromatic carbocycles. The third kappa shape index (κ3) is 2.67. The molecule has 1 saturated carbocycles. The van der Waals surface area contributed by atoms with Crippen molar-refractivity contribution in [3.05, 3.63) is 35.6 Å². The summed E-state index contributed by atoms with van der Waals surface area (Å²) in [6.45, 7) is 3.09. The zero-order valence-electron chi connectivity index (χ0n) is 11.5. The van der Waals surface area contributed by atoms with Gasteiger partial charge < -0.3 is 10.1 Å². The Morgan fingerprint density at radius 2 is 1.84 bits per heavy atom. The molecule has 1 saturated heterocycles. The van der Waals surface area contributed by atoms with E-state index >= 15 is 0 Å². The second kappa shape index (κ2) is 5.22. The first-order chi connectivity index (χ1) is 9.19. The molecule has 2 atom stereocenters. The fourth-order valence-corrected chi connectivity index (χ4v) is 3.37. The molecule has 0 radical (unpaired) electrons. The van der Waals surface area contributed by atoms with Crippen LogP contribution in [0.1, 0.15) is 50.7 Å². The first-order valence-corrected chi connectivity index (χ1v) is 7.35. The fraction of sp³-hybridized carbons (Fsp3) is 0.625. The standard InChI is InChI=1S/C16H22FNO/c1-12-15(13-5-7-14(17)8-6-13)19-16(11-18-12)9-3-2-4-10-16/h5-8,12,15,18H,2-4,9-11H2,1H3. The minimum atomic E-state index is -0.187. The van der Waals surface area contributed by atoms with E-state index in [-0.39, 0.29) is 23.6 Å². The number of hydrogen-bond donors (Lipinski definition) is 1. The van der Waals surface area contributed by atoms with E-state index in [0.29, 0.717) is 0 Å². The summed E-state index contributed by atoms with van der Waals surface area (Å²) in [7, 11) is 0. The SMILES string of the molecule is CC1NCC2(CCCCC2)OC1c1ccc(F)cc1. The molecule has 0 aromatic heterocycles. The van der Waals surface area contributed by atoms with E-state index in [4.69, 9.17) is 4.74 Å². The van der Waals surface area contributed by atoms with Gasteiger partial charge in [-0.1, -0.05) is 31.4 Å². The molecule has 3 rings (SSSR count). The van der Waals surface area contributed by atoms with Crippen LogP contribution >= 0.6 is 0 Å². The van der Waals surface area contributed by atoms with Crippen LogP contribution in [0.15, 0.2) is 24.3 Å². The number of ether oxygens (including phenoxy) is 1. The van der Waals surface area contributed by atoms with Gasteiger partial charge in [0, 0.05) is 12.6 Å². The quantitative estimate of drug-likeness (QED) is 0.836. The van der Waals surface area contributed by atoms with Crippen LogP contribution in [0.3, 0.4) is 0 Å². The van der Waals surface area contributed by atoms with Crippen LogP contribution in [0.25, 0.3) is 0 Å². The smallest absolute Gasteiger partial charge is 0.123 e. The van der Waals surface area contributed by atoms with E-state index in [1.807, 2.05) is 12.1 Å². The summed E-state index contributed by atoms with van der Waals surface area (Å²) in [4.78, 5) is 0. The van der Waals surface area contributed by atoms with E-state index in [0.717, 1.165) is 24.9 Å². The van der Waals surface area contributed by atoms with Crippen LogP contribution in [0, 0.1) is 5.82 Å². The highest BCUT2D eigenvalue weighted by atomic mass is 19.1. The van der Waals surface area contributed by atoms with Crippen LogP contribution in [-0.4, -0.2) is 18.2 Å². The maximum atomic E-state index is 13.0. The summed E-state index contributed by atoms with van der Waals surface area (Å²) in [5.74, 6) is -0.187. The summed E-state index contributed by atoms with van der Waals surface area (Å²) in [5, 5.41) is 3.59. The number of hydrogen-bond acceptors (Lipinski definition) is 2. The molecule has 2 unspecified atom stereocenters. The Bertz CT molecular complexity index is 425. The van der Waals surface area contributed by atoms with E-state index in [2.05, 4.69) is 12.2 Å². The molecule has 19 heavy (non-hydrogen) atoms. The van der Waals surface area contributed by atoms with E-state index < -0.39 is 0 Å². The number of nitrogens with one attached hydrogen (secondary N) is 1. The summed E-state index contributed by atoms with van der Waals surface area (Å²) < 4.78 is 19.5. The van der Waals surface area contributed by atoms with Crippen LogP contribution in [-0.2, 0) is 4.74 Å². The van der Waals surface area contributed by atoms with E-state index in [9.17, 15) is 4.39 Å². The van der Waals surface area contributed by atoms with Gasteiger partial charge in [-0.25, -0.2) is 4.39 Å². The number of rotatable bonds is 1. The minimum absolute atomic E-state index is 0.00378. The predicted molar refractivity (Wildman–Crippen MR) is 73.5 cm³/mol. The Balaban J connectivity index is 1.80. The van der Waals surface area contributed by atoms with Crippen molar-refractivity contribution in [2.45, 2.75) is 56.8 Å². The molecule has 0 bridgehead atoms. The van der Waals surface area contributed by atoms with Crippen LogP contribution in [0.5, 0.6) is 0 Å². The molecule has 0 amide bonds. The van der Waals surface area contributed by atoms with Crippen LogP contribution < -0.4 is 5.32 Å². The molecule has 104 valence electrons. The number of morpholine rings is 1. The highest BCUT2D eigenvalue weighted by molar-refractivity contribution is 5.21. The second-order valence-electron chi connectivity index (χ2n) is 6.00. The Kier molecular flexibility index (Phi) is 3.59. The van der Waals surface area contributed by atoms with Crippen molar-refractivity contribution < 1.29 is 9.13 Å². The third-order valence-corrected chi connectivity index (χ3v) is 4.54. The summed E-state index contributed by atoms with van der Waals surface area (Å²) in [5.41, 5.74) is 1.08. The lowest BCUT2D eigenvalue weighted by atomic mass is 9.82. The lowest BCUT2D eigenvalue weighted by Gasteiger charge is -2.47. The monoisotopic (exact) mass is 263 g/mol. The average molecular weight is 263 g/mol. The van der Waals surface area contributed by atoms with Crippen molar-refractivity contribution in [1.29, 1.82) is 0 Å². The first-order valence-electron chi connectivity index (χ1n) is 7.35. The largest absolute Gasteiger partial charge is 0.364 e.